The molecule has 2 aliphatic heterocycles. The highest BCUT2D eigenvalue weighted by Crippen LogP contribution is 2.30. The maximum absolute atomic E-state index is 10.6. The Balaban J connectivity index is 1.70. The first-order valence-electron chi connectivity index (χ1n) is 9.69. The fourth-order valence-corrected chi connectivity index (χ4v) is 3.44. The van der Waals surface area contributed by atoms with Crippen LogP contribution < -0.4 is 9.47 Å². The monoisotopic (exact) mass is 448 g/mol. The van der Waals surface area contributed by atoms with E-state index in [4.69, 9.17) is 23.7 Å². The number of methoxy groups -OCH3 is 1. The fourth-order valence-electron chi connectivity index (χ4n) is 3.44. The lowest BCUT2D eigenvalue weighted by molar-refractivity contribution is -0.352. The standard InChI is InChI=1S/C19H28O12/c1-27-8-2-4-9(5-3-8)28-18-16(26)14(24)17(11(7-21)30-18)31-19-15(25)13(23)12(22)10(6-20)29-19/h2-5,10-26H,6-7H2,1H3/t10-,11-,12+,13+,14-,15-,16-,17-,18+,19+/m1/s1. The van der Waals surface area contributed by atoms with Crippen LogP contribution in [0.3, 0.4) is 0 Å². The Morgan fingerprint density at radius 3 is 1.84 bits per heavy atom. The number of benzene rings is 1. The predicted octanol–water partition coefficient (Wildman–Crippen LogP) is -3.30. The average molecular weight is 448 g/mol. The third-order valence-corrected chi connectivity index (χ3v) is 5.27. The Bertz CT molecular complexity index is 683. The van der Waals surface area contributed by atoms with E-state index in [1.807, 2.05) is 0 Å². The summed E-state index contributed by atoms with van der Waals surface area (Å²) < 4.78 is 26.9. The largest absolute Gasteiger partial charge is 0.497 e. The highest BCUT2D eigenvalue weighted by Gasteiger charge is 2.51. The second-order valence-corrected chi connectivity index (χ2v) is 7.30. The summed E-state index contributed by atoms with van der Waals surface area (Å²) in [7, 11) is 1.50. The lowest BCUT2D eigenvalue weighted by atomic mass is 9.97. The molecule has 0 radical (unpaired) electrons. The van der Waals surface area contributed by atoms with Crippen molar-refractivity contribution in [3.63, 3.8) is 0 Å². The fraction of sp³-hybridized carbons (Fsp3) is 0.684. The van der Waals surface area contributed by atoms with Crippen LogP contribution in [0, 0.1) is 0 Å². The van der Waals surface area contributed by atoms with Crippen molar-refractivity contribution < 1.29 is 59.4 Å². The first-order valence-corrected chi connectivity index (χ1v) is 9.69. The normalized spacial score (nSPS) is 41.0. The molecule has 0 spiro atoms. The number of aliphatic hydroxyl groups is 7. The molecule has 176 valence electrons. The molecule has 0 aromatic heterocycles. The van der Waals surface area contributed by atoms with Gasteiger partial charge in [-0.15, -0.1) is 0 Å². The van der Waals surface area contributed by atoms with Gasteiger partial charge >= 0.3 is 0 Å². The van der Waals surface area contributed by atoms with Crippen molar-refractivity contribution in [2.24, 2.45) is 0 Å². The van der Waals surface area contributed by atoms with Crippen molar-refractivity contribution in [2.45, 2.75) is 61.4 Å². The summed E-state index contributed by atoms with van der Waals surface area (Å²) in [5.41, 5.74) is 0. The molecule has 0 amide bonds. The molecular formula is C19H28O12. The molecule has 10 atom stereocenters. The highest BCUT2D eigenvalue weighted by molar-refractivity contribution is 5.31. The molecule has 0 saturated carbocycles. The van der Waals surface area contributed by atoms with Gasteiger partial charge in [-0.2, -0.15) is 0 Å². The smallest absolute Gasteiger partial charge is 0.229 e. The van der Waals surface area contributed by atoms with Gasteiger partial charge < -0.3 is 59.4 Å². The molecule has 1 aromatic carbocycles. The van der Waals surface area contributed by atoms with Crippen LogP contribution in [0.25, 0.3) is 0 Å². The molecule has 7 N–H and O–H groups in total. The molecule has 2 aliphatic rings. The topological polar surface area (TPSA) is 188 Å². The first-order chi connectivity index (χ1) is 14.8. The Morgan fingerprint density at radius 2 is 1.26 bits per heavy atom. The Labute approximate surface area is 177 Å². The van der Waals surface area contributed by atoms with Gasteiger partial charge in [0.15, 0.2) is 6.29 Å². The van der Waals surface area contributed by atoms with E-state index in [9.17, 15) is 35.7 Å². The zero-order valence-electron chi connectivity index (χ0n) is 16.7. The lowest BCUT2D eigenvalue weighted by Gasteiger charge is -2.45. The number of ether oxygens (including phenoxy) is 5. The van der Waals surface area contributed by atoms with E-state index in [1.165, 1.54) is 7.11 Å². The van der Waals surface area contributed by atoms with Gasteiger partial charge in [0.05, 0.1) is 20.3 Å². The molecule has 3 rings (SSSR count). The number of hydrogen-bond acceptors (Lipinski definition) is 12. The first kappa shape index (κ1) is 24.1. The summed E-state index contributed by atoms with van der Waals surface area (Å²) in [6, 6.07) is 6.36. The molecule has 1 aromatic rings. The van der Waals surface area contributed by atoms with Gasteiger partial charge in [0, 0.05) is 0 Å². The molecule has 0 bridgehead atoms. The Kier molecular flexibility index (Phi) is 8.04. The lowest BCUT2D eigenvalue weighted by Crippen LogP contribution is -2.65. The molecule has 2 heterocycles. The van der Waals surface area contributed by atoms with E-state index in [2.05, 4.69) is 0 Å². The minimum absolute atomic E-state index is 0.307. The summed E-state index contributed by atoms with van der Waals surface area (Å²) in [6.07, 6.45) is -15.0. The molecule has 2 saturated heterocycles. The van der Waals surface area contributed by atoms with E-state index < -0.39 is 74.6 Å². The van der Waals surface area contributed by atoms with Crippen molar-refractivity contribution in [3.8, 4) is 11.5 Å². The molecule has 31 heavy (non-hydrogen) atoms. The Hall–Kier alpha value is -1.58. The summed E-state index contributed by atoms with van der Waals surface area (Å²) in [6.45, 7) is -1.31. The van der Waals surface area contributed by atoms with E-state index in [1.54, 1.807) is 24.3 Å². The van der Waals surface area contributed by atoms with Crippen LogP contribution in [0.1, 0.15) is 0 Å². The minimum Gasteiger partial charge on any atom is -0.497 e. The number of aliphatic hydroxyl groups excluding tert-OH is 7. The van der Waals surface area contributed by atoms with Gasteiger partial charge in [-0.1, -0.05) is 0 Å². The van der Waals surface area contributed by atoms with Gasteiger partial charge in [-0.3, -0.25) is 0 Å². The second kappa shape index (κ2) is 10.4. The summed E-state index contributed by atoms with van der Waals surface area (Å²) in [4.78, 5) is 0. The molecule has 0 unspecified atom stereocenters. The van der Waals surface area contributed by atoms with Crippen LogP contribution in [0.5, 0.6) is 11.5 Å². The zero-order chi connectivity index (χ0) is 22.7. The molecule has 12 heteroatoms. The number of rotatable bonds is 7. The quantitative estimate of drug-likeness (QED) is 0.220. The van der Waals surface area contributed by atoms with Gasteiger partial charge in [-0.25, -0.2) is 0 Å². The summed E-state index contributed by atoms with van der Waals surface area (Å²) in [5, 5.41) is 69.9. The second-order valence-electron chi connectivity index (χ2n) is 7.30. The van der Waals surface area contributed by atoms with Crippen LogP contribution in [-0.2, 0) is 14.2 Å². The van der Waals surface area contributed by atoms with Gasteiger partial charge in [-0.05, 0) is 24.3 Å². The van der Waals surface area contributed by atoms with Crippen molar-refractivity contribution >= 4 is 0 Å². The van der Waals surface area contributed by atoms with Crippen molar-refractivity contribution in [1.82, 2.24) is 0 Å². The maximum Gasteiger partial charge on any atom is 0.229 e. The van der Waals surface area contributed by atoms with Gasteiger partial charge in [0.25, 0.3) is 0 Å². The SMILES string of the molecule is COc1ccc(O[C@H]2O[C@H](CO)[C@@H](O[C@@H]3O[C@H](CO)[C@H](O)[C@H](O)[C@H]3O)[C@H](O)[C@H]2O)cc1. The highest BCUT2D eigenvalue weighted by atomic mass is 16.7. The molecular weight excluding hydrogens is 420 g/mol. The van der Waals surface area contributed by atoms with E-state index in [-0.39, 0.29) is 0 Å². The van der Waals surface area contributed by atoms with Crippen molar-refractivity contribution in [1.29, 1.82) is 0 Å². The van der Waals surface area contributed by atoms with Crippen molar-refractivity contribution in [3.05, 3.63) is 24.3 Å². The summed E-state index contributed by atoms with van der Waals surface area (Å²) >= 11 is 0. The van der Waals surface area contributed by atoms with Gasteiger partial charge in [0.1, 0.15) is 60.3 Å². The van der Waals surface area contributed by atoms with Crippen LogP contribution in [0.15, 0.2) is 24.3 Å². The van der Waals surface area contributed by atoms with Crippen LogP contribution in [0.4, 0.5) is 0 Å². The Morgan fingerprint density at radius 1 is 0.710 bits per heavy atom. The van der Waals surface area contributed by atoms with E-state index >= 15 is 0 Å². The maximum atomic E-state index is 10.6. The molecule has 0 aliphatic carbocycles. The molecule has 2 fully saturated rings. The molecule has 12 nitrogen and oxygen atoms in total. The van der Waals surface area contributed by atoms with Crippen molar-refractivity contribution in [2.75, 3.05) is 20.3 Å². The summed E-state index contributed by atoms with van der Waals surface area (Å²) in [5.74, 6) is 0.890. The third-order valence-electron chi connectivity index (χ3n) is 5.27. The zero-order valence-corrected chi connectivity index (χ0v) is 16.7. The minimum atomic E-state index is -1.73. The van der Waals surface area contributed by atoms with Gasteiger partial charge in [0.2, 0.25) is 6.29 Å². The van der Waals surface area contributed by atoms with E-state index in [0.717, 1.165) is 0 Å². The van der Waals surface area contributed by atoms with Crippen LogP contribution >= 0.6 is 0 Å². The van der Waals surface area contributed by atoms with Crippen LogP contribution in [0.2, 0.25) is 0 Å². The third kappa shape index (κ3) is 5.09. The van der Waals surface area contributed by atoms with Crippen LogP contribution in [-0.4, -0.2) is 117 Å². The van der Waals surface area contributed by atoms with E-state index in [0.29, 0.717) is 11.5 Å². The number of hydrogen-bond donors (Lipinski definition) is 7. The average Bonchev–Trinajstić information content (AvgIpc) is 2.79. The predicted molar refractivity (Wildman–Crippen MR) is 100 cm³/mol.